The Balaban J connectivity index is 1.23. The van der Waals surface area contributed by atoms with Crippen LogP contribution in [0, 0.1) is 19.3 Å². The standard InChI is InChI=1S/C30H35N5O6S/c1-19-27(32-18-41-19)29(38)34-9-4-8-25(36)31-15-30-16-35(26(37)12-21-14-42-20(2)33-21)13-23(30)22-6-3-7-24(28(22)40-17-30)39-11-5-10-34/h3,6-7,14,18,23H,4-5,8-13,15-17H2,1-2H3,(H,31,36)/t23-,30+/m0/s1. The van der Waals surface area contributed by atoms with Crippen LogP contribution in [0.2, 0.25) is 0 Å². The monoisotopic (exact) mass is 593 g/mol. The first-order chi connectivity index (χ1) is 20.3. The number of benzene rings is 1. The molecule has 0 saturated carbocycles. The average molecular weight is 594 g/mol. The molecule has 2 aromatic heterocycles. The summed E-state index contributed by atoms with van der Waals surface area (Å²) in [7, 11) is 0. The lowest BCUT2D eigenvalue weighted by Gasteiger charge is -2.40. The number of likely N-dealkylation sites (tertiary alicyclic amines) is 1. The number of para-hydroxylation sites is 1. The molecule has 0 radical (unpaired) electrons. The number of nitrogens with one attached hydrogen (secondary N) is 1. The second-order valence-electron chi connectivity index (χ2n) is 11.3. The zero-order valence-corrected chi connectivity index (χ0v) is 24.7. The number of fused-ring (bicyclic) bond motifs is 11. The van der Waals surface area contributed by atoms with Gasteiger partial charge >= 0.3 is 0 Å². The maximum absolute atomic E-state index is 13.4. The fourth-order valence-corrected chi connectivity index (χ4v) is 6.83. The summed E-state index contributed by atoms with van der Waals surface area (Å²) < 4.78 is 17.8. The number of ether oxygens (including phenoxy) is 2. The van der Waals surface area contributed by atoms with Crippen LogP contribution in [0.1, 0.15) is 57.7 Å². The van der Waals surface area contributed by atoms with Gasteiger partial charge in [-0.1, -0.05) is 12.1 Å². The molecule has 222 valence electrons. The van der Waals surface area contributed by atoms with Crippen molar-refractivity contribution >= 4 is 29.1 Å². The van der Waals surface area contributed by atoms with Gasteiger partial charge in [-0.2, -0.15) is 0 Å². The Hall–Kier alpha value is -3.93. The minimum absolute atomic E-state index is 0.0158. The minimum Gasteiger partial charge on any atom is -0.490 e. The molecular weight excluding hydrogens is 558 g/mol. The van der Waals surface area contributed by atoms with Crippen molar-refractivity contribution in [2.45, 2.75) is 45.4 Å². The van der Waals surface area contributed by atoms with Crippen molar-refractivity contribution in [2.75, 3.05) is 45.9 Å². The molecule has 42 heavy (non-hydrogen) atoms. The predicted octanol–water partition coefficient (Wildman–Crippen LogP) is 3.12. The van der Waals surface area contributed by atoms with Gasteiger partial charge in [0.1, 0.15) is 5.76 Å². The van der Waals surface area contributed by atoms with Gasteiger partial charge in [0.05, 0.1) is 30.3 Å². The number of thiazole rings is 1. The van der Waals surface area contributed by atoms with Gasteiger partial charge in [0.15, 0.2) is 23.6 Å². The van der Waals surface area contributed by atoms with Crippen LogP contribution in [0.5, 0.6) is 11.5 Å². The summed E-state index contributed by atoms with van der Waals surface area (Å²) in [4.78, 5) is 51.8. The highest BCUT2D eigenvalue weighted by molar-refractivity contribution is 7.09. The zero-order chi connectivity index (χ0) is 29.3. The Morgan fingerprint density at radius 2 is 2.02 bits per heavy atom. The van der Waals surface area contributed by atoms with E-state index in [9.17, 15) is 14.4 Å². The maximum Gasteiger partial charge on any atom is 0.276 e. The molecule has 1 fully saturated rings. The average Bonchev–Trinajstić information content (AvgIpc) is 3.70. The van der Waals surface area contributed by atoms with E-state index in [4.69, 9.17) is 13.9 Å². The van der Waals surface area contributed by atoms with Crippen LogP contribution in [0.3, 0.4) is 0 Å². The summed E-state index contributed by atoms with van der Waals surface area (Å²) in [5.74, 6) is 1.49. The van der Waals surface area contributed by atoms with E-state index in [1.807, 2.05) is 35.4 Å². The van der Waals surface area contributed by atoms with Crippen molar-refractivity contribution in [1.82, 2.24) is 25.1 Å². The Labute approximate surface area is 248 Å². The molecule has 11 nitrogen and oxygen atoms in total. The van der Waals surface area contributed by atoms with Crippen molar-refractivity contribution in [2.24, 2.45) is 5.41 Å². The van der Waals surface area contributed by atoms with E-state index >= 15 is 0 Å². The van der Waals surface area contributed by atoms with Crippen LogP contribution in [0.15, 0.2) is 34.4 Å². The molecule has 7 rings (SSSR count). The van der Waals surface area contributed by atoms with Gasteiger partial charge in [0.2, 0.25) is 11.8 Å². The summed E-state index contributed by atoms with van der Waals surface area (Å²) in [6.07, 6.45) is 2.88. The summed E-state index contributed by atoms with van der Waals surface area (Å²) in [6, 6.07) is 5.87. The number of hydrogen-bond donors (Lipinski definition) is 1. The maximum atomic E-state index is 13.4. The number of nitrogens with zero attached hydrogens (tertiary/aromatic N) is 4. The van der Waals surface area contributed by atoms with Crippen LogP contribution in [-0.2, 0) is 16.0 Å². The first kappa shape index (κ1) is 28.2. The first-order valence-electron chi connectivity index (χ1n) is 14.4. The van der Waals surface area contributed by atoms with Crippen LogP contribution in [-0.4, -0.2) is 83.4 Å². The SMILES string of the molecule is Cc1nc(CC(=O)N2C[C@H]3c4cccc5c4OC[C@@]3(CNC(=O)CCCN(C(=O)c3ncoc3C)CCCO5)C2)cs1. The molecule has 1 spiro atoms. The third kappa shape index (κ3) is 5.59. The Kier molecular flexibility index (Phi) is 7.89. The number of aromatic nitrogens is 2. The van der Waals surface area contributed by atoms with Crippen molar-refractivity contribution in [3.63, 3.8) is 0 Å². The van der Waals surface area contributed by atoms with Crippen molar-refractivity contribution < 1.29 is 28.3 Å². The number of aryl methyl sites for hydroxylation is 2. The van der Waals surface area contributed by atoms with E-state index in [1.54, 1.807) is 11.8 Å². The summed E-state index contributed by atoms with van der Waals surface area (Å²) in [5.41, 5.74) is 1.58. The summed E-state index contributed by atoms with van der Waals surface area (Å²) >= 11 is 1.54. The first-order valence-corrected chi connectivity index (χ1v) is 15.2. The number of carbonyl (C=O) groups excluding carboxylic acids is 3. The van der Waals surface area contributed by atoms with E-state index < -0.39 is 5.41 Å². The molecule has 1 saturated heterocycles. The molecule has 4 bridgehead atoms. The van der Waals surface area contributed by atoms with Crippen molar-refractivity contribution in [3.8, 4) is 11.5 Å². The van der Waals surface area contributed by atoms with Crippen molar-refractivity contribution in [1.29, 1.82) is 0 Å². The fraction of sp³-hybridized carbons (Fsp3) is 0.500. The highest BCUT2D eigenvalue weighted by Gasteiger charge is 2.53. The smallest absolute Gasteiger partial charge is 0.276 e. The van der Waals surface area contributed by atoms with E-state index in [-0.39, 0.29) is 42.2 Å². The second kappa shape index (κ2) is 11.7. The lowest BCUT2D eigenvalue weighted by molar-refractivity contribution is -0.130. The molecule has 1 N–H and O–H groups in total. The Bertz CT molecular complexity index is 1490. The number of oxazole rings is 1. The normalized spacial score (nSPS) is 22.7. The van der Waals surface area contributed by atoms with Gasteiger partial charge in [0, 0.05) is 61.4 Å². The fourth-order valence-electron chi connectivity index (χ4n) is 6.22. The quantitative estimate of drug-likeness (QED) is 0.491. The second-order valence-corrected chi connectivity index (χ2v) is 12.4. The third-order valence-corrected chi connectivity index (χ3v) is 9.24. The van der Waals surface area contributed by atoms with Gasteiger partial charge in [0.25, 0.3) is 5.91 Å². The lowest BCUT2D eigenvalue weighted by Crippen LogP contribution is -2.48. The summed E-state index contributed by atoms with van der Waals surface area (Å²) in [6.45, 7) is 6.64. The Morgan fingerprint density at radius 3 is 2.81 bits per heavy atom. The van der Waals surface area contributed by atoms with Crippen LogP contribution < -0.4 is 14.8 Å². The largest absolute Gasteiger partial charge is 0.490 e. The molecule has 4 aliphatic heterocycles. The molecule has 0 aliphatic carbocycles. The topological polar surface area (TPSA) is 127 Å². The minimum atomic E-state index is -0.474. The van der Waals surface area contributed by atoms with Gasteiger partial charge in [-0.3, -0.25) is 14.4 Å². The summed E-state index contributed by atoms with van der Waals surface area (Å²) in [5, 5.41) is 6.00. The molecular formula is C30H35N5O6S. The van der Waals surface area contributed by atoms with Crippen LogP contribution in [0.25, 0.3) is 0 Å². The van der Waals surface area contributed by atoms with Crippen LogP contribution in [0.4, 0.5) is 0 Å². The number of rotatable bonds is 3. The number of hydrogen-bond acceptors (Lipinski definition) is 9. The molecule has 0 unspecified atom stereocenters. The van der Waals surface area contributed by atoms with Gasteiger partial charge in [-0.25, -0.2) is 9.97 Å². The lowest BCUT2D eigenvalue weighted by atomic mass is 9.73. The molecule has 12 heteroatoms. The highest BCUT2D eigenvalue weighted by Crippen LogP contribution is 2.52. The Morgan fingerprint density at radius 1 is 1.17 bits per heavy atom. The molecule has 3 aromatic rings. The van der Waals surface area contributed by atoms with Gasteiger partial charge in [-0.05, 0) is 32.8 Å². The van der Waals surface area contributed by atoms with E-state index in [1.165, 1.54) is 17.7 Å². The number of amides is 3. The highest BCUT2D eigenvalue weighted by atomic mass is 32.1. The van der Waals surface area contributed by atoms with E-state index in [0.717, 1.165) is 16.3 Å². The molecule has 1 aromatic carbocycles. The van der Waals surface area contributed by atoms with E-state index in [2.05, 4.69) is 15.3 Å². The molecule has 6 heterocycles. The van der Waals surface area contributed by atoms with Crippen LogP contribution >= 0.6 is 11.3 Å². The van der Waals surface area contributed by atoms with Gasteiger partial charge < -0.3 is 29.0 Å². The molecule has 2 atom stereocenters. The zero-order valence-electron chi connectivity index (χ0n) is 23.9. The number of carbonyl (C=O) groups is 3. The predicted molar refractivity (Wildman–Crippen MR) is 154 cm³/mol. The third-order valence-electron chi connectivity index (χ3n) is 8.42. The van der Waals surface area contributed by atoms with E-state index in [0.29, 0.717) is 76.0 Å². The van der Waals surface area contributed by atoms with Gasteiger partial charge in [-0.15, -0.1) is 11.3 Å². The molecule has 4 aliphatic rings. The molecule has 3 amide bonds. The van der Waals surface area contributed by atoms with Crippen molar-refractivity contribution in [3.05, 3.63) is 57.7 Å².